The fourth-order valence-electron chi connectivity index (χ4n) is 0.501. The average Bonchev–Trinajstić information content (AvgIpc) is 1.86. The van der Waals surface area contributed by atoms with E-state index in [-0.39, 0.29) is 0 Å². The molecule has 0 radical (unpaired) electrons. The molecule has 0 fully saturated rings. The average molecular weight is 218 g/mol. The van der Waals surface area contributed by atoms with Gasteiger partial charge in [0.2, 0.25) is 3.79 Å². The summed E-state index contributed by atoms with van der Waals surface area (Å²) in [4.78, 5) is 0. The van der Waals surface area contributed by atoms with Crippen molar-refractivity contribution in [1.29, 1.82) is 0 Å². The minimum atomic E-state index is -1.61. The minimum Gasteiger partial charge on any atom is -0.385 e. The van der Waals surface area contributed by atoms with Gasteiger partial charge in [-0.05, 0) is 6.42 Å². The highest BCUT2D eigenvalue weighted by Gasteiger charge is 2.27. The van der Waals surface area contributed by atoms with Crippen molar-refractivity contribution in [3.63, 3.8) is 0 Å². The van der Waals surface area contributed by atoms with Crippen LogP contribution in [0, 0.1) is 0 Å². The smallest absolute Gasteiger partial charge is 0.219 e. The van der Waals surface area contributed by atoms with Crippen molar-refractivity contribution in [2.75, 3.05) is 0 Å². The molecule has 0 aliphatic heterocycles. The van der Waals surface area contributed by atoms with E-state index in [0.29, 0.717) is 0 Å². The lowest BCUT2D eigenvalue weighted by Crippen LogP contribution is -2.22. The van der Waals surface area contributed by atoms with Gasteiger partial charge in [0.15, 0.2) is 0 Å². The molecule has 11 heavy (non-hydrogen) atoms. The van der Waals surface area contributed by atoms with Crippen LogP contribution in [-0.2, 0) is 0 Å². The van der Waals surface area contributed by atoms with Gasteiger partial charge in [-0.15, -0.1) is 0 Å². The van der Waals surface area contributed by atoms with Crippen LogP contribution in [0.15, 0.2) is 12.2 Å². The first-order chi connectivity index (χ1) is 4.98. The molecular weight excluding hydrogens is 206 g/mol. The van der Waals surface area contributed by atoms with Gasteiger partial charge in [-0.25, -0.2) is 0 Å². The summed E-state index contributed by atoms with van der Waals surface area (Å²) < 4.78 is -1.61. The van der Waals surface area contributed by atoms with Crippen LogP contribution in [0.25, 0.3) is 0 Å². The van der Waals surface area contributed by atoms with E-state index in [2.05, 4.69) is 0 Å². The summed E-state index contributed by atoms with van der Waals surface area (Å²) in [6.07, 6.45) is 4.18. The molecule has 0 aromatic heterocycles. The number of hydrogen-bond donors (Lipinski definition) is 1. The lowest BCUT2D eigenvalue weighted by atomic mass is 10.3. The van der Waals surface area contributed by atoms with Crippen LogP contribution in [0.2, 0.25) is 0 Å². The molecule has 0 spiro atoms. The van der Waals surface area contributed by atoms with Crippen molar-refractivity contribution in [3.05, 3.63) is 12.2 Å². The van der Waals surface area contributed by atoms with Crippen LogP contribution in [0.3, 0.4) is 0 Å². The van der Waals surface area contributed by atoms with Gasteiger partial charge in [0.1, 0.15) is 6.10 Å². The van der Waals surface area contributed by atoms with Crippen molar-refractivity contribution in [2.45, 2.75) is 29.7 Å². The molecule has 0 saturated heterocycles. The molecule has 0 aromatic carbocycles. The number of unbranched alkanes of at least 4 members (excludes halogenated alkanes) is 1. The zero-order chi connectivity index (χ0) is 8.91. The molecule has 0 rings (SSSR count). The Morgan fingerprint density at radius 2 is 2.00 bits per heavy atom. The van der Waals surface area contributed by atoms with Crippen LogP contribution in [0.1, 0.15) is 19.8 Å². The molecule has 0 saturated carbocycles. The predicted molar refractivity (Wildman–Crippen MR) is 50.3 cm³/mol. The van der Waals surface area contributed by atoms with E-state index in [4.69, 9.17) is 39.9 Å². The highest BCUT2D eigenvalue weighted by molar-refractivity contribution is 6.68. The molecular formula is C7H11Cl3O. The second kappa shape index (κ2) is 5.26. The Bertz CT molecular complexity index is 128. The van der Waals surface area contributed by atoms with Gasteiger partial charge < -0.3 is 5.11 Å². The van der Waals surface area contributed by atoms with E-state index in [1.807, 2.05) is 6.92 Å². The lowest BCUT2D eigenvalue weighted by molar-refractivity contribution is 0.227. The third-order valence-electron chi connectivity index (χ3n) is 1.11. The number of rotatable bonds is 3. The van der Waals surface area contributed by atoms with E-state index in [9.17, 15) is 0 Å². The summed E-state index contributed by atoms with van der Waals surface area (Å²) in [6.45, 7) is 2.03. The van der Waals surface area contributed by atoms with Crippen LogP contribution < -0.4 is 0 Å². The normalized spacial score (nSPS) is 15.7. The summed E-state index contributed by atoms with van der Waals surface area (Å²) in [5.74, 6) is 0. The van der Waals surface area contributed by atoms with Crippen molar-refractivity contribution in [1.82, 2.24) is 0 Å². The number of alkyl halides is 3. The maximum Gasteiger partial charge on any atom is 0.219 e. The summed E-state index contributed by atoms with van der Waals surface area (Å²) in [7, 11) is 0. The highest BCUT2D eigenvalue weighted by atomic mass is 35.6. The zero-order valence-electron chi connectivity index (χ0n) is 6.23. The molecule has 0 heterocycles. The fraction of sp³-hybridized carbons (Fsp3) is 0.714. The Hall–Kier alpha value is 0.570. The number of aliphatic hydroxyl groups excluding tert-OH is 1. The first-order valence-corrected chi connectivity index (χ1v) is 4.53. The minimum absolute atomic E-state index is 0.887. The third-order valence-corrected chi connectivity index (χ3v) is 1.78. The maximum atomic E-state index is 9.13. The van der Waals surface area contributed by atoms with E-state index in [1.165, 1.54) is 6.08 Å². The van der Waals surface area contributed by atoms with Crippen molar-refractivity contribution in [2.24, 2.45) is 0 Å². The van der Waals surface area contributed by atoms with Gasteiger partial charge in [-0.2, -0.15) is 0 Å². The monoisotopic (exact) mass is 216 g/mol. The molecule has 0 bridgehead atoms. The van der Waals surface area contributed by atoms with Crippen molar-refractivity contribution < 1.29 is 5.11 Å². The standard InChI is InChI=1S/C7H11Cl3O/c1-2-3-4-5-6(11)7(8,9)10/h4-6,11H,2-3H2,1H3/b5-4+. The first kappa shape index (κ1) is 11.6. The van der Waals surface area contributed by atoms with Crippen LogP contribution in [0.4, 0.5) is 0 Å². The largest absolute Gasteiger partial charge is 0.385 e. The van der Waals surface area contributed by atoms with Crippen LogP contribution in [-0.4, -0.2) is 15.0 Å². The Balaban J connectivity index is 3.77. The van der Waals surface area contributed by atoms with E-state index >= 15 is 0 Å². The summed E-state index contributed by atoms with van der Waals surface area (Å²) >= 11 is 16.2. The molecule has 0 amide bonds. The second-order valence-electron chi connectivity index (χ2n) is 2.20. The molecule has 1 unspecified atom stereocenters. The van der Waals surface area contributed by atoms with Crippen molar-refractivity contribution in [3.8, 4) is 0 Å². The Labute approximate surface area is 81.9 Å². The quantitative estimate of drug-likeness (QED) is 0.569. The predicted octanol–water partition coefficient (Wildman–Crippen LogP) is 3.07. The van der Waals surface area contributed by atoms with Crippen LogP contribution >= 0.6 is 34.8 Å². The summed E-state index contributed by atoms with van der Waals surface area (Å²) in [5, 5.41) is 9.13. The number of halogens is 3. The summed E-state index contributed by atoms with van der Waals surface area (Å²) in [5.41, 5.74) is 0. The number of aliphatic hydroxyl groups is 1. The number of allylic oxidation sites excluding steroid dienone is 1. The molecule has 1 atom stereocenters. The van der Waals surface area contributed by atoms with Gasteiger partial charge in [0, 0.05) is 0 Å². The summed E-state index contributed by atoms with van der Waals surface area (Å²) in [6, 6.07) is 0. The lowest BCUT2D eigenvalue weighted by Gasteiger charge is -2.14. The Morgan fingerprint density at radius 1 is 1.45 bits per heavy atom. The Kier molecular flexibility index (Phi) is 5.53. The molecule has 0 aliphatic rings. The fourth-order valence-corrected chi connectivity index (χ4v) is 0.719. The van der Waals surface area contributed by atoms with Gasteiger partial charge in [0.25, 0.3) is 0 Å². The van der Waals surface area contributed by atoms with Gasteiger partial charge in [0.05, 0.1) is 0 Å². The van der Waals surface area contributed by atoms with Gasteiger partial charge in [-0.1, -0.05) is 60.3 Å². The zero-order valence-corrected chi connectivity index (χ0v) is 8.50. The highest BCUT2D eigenvalue weighted by Crippen LogP contribution is 2.30. The molecule has 0 aromatic rings. The van der Waals surface area contributed by atoms with Crippen molar-refractivity contribution >= 4 is 34.8 Å². The van der Waals surface area contributed by atoms with Gasteiger partial charge >= 0.3 is 0 Å². The van der Waals surface area contributed by atoms with E-state index in [1.54, 1.807) is 6.08 Å². The third kappa shape index (κ3) is 5.80. The molecule has 1 nitrogen and oxygen atoms in total. The molecule has 1 N–H and O–H groups in total. The Morgan fingerprint density at radius 3 is 2.36 bits per heavy atom. The van der Waals surface area contributed by atoms with E-state index < -0.39 is 9.90 Å². The molecule has 66 valence electrons. The molecule has 4 heteroatoms. The number of hydrogen-bond acceptors (Lipinski definition) is 1. The molecule has 0 aliphatic carbocycles. The first-order valence-electron chi connectivity index (χ1n) is 3.40. The topological polar surface area (TPSA) is 20.2 Å². The second-order valence-corrected chi connectivity index (χ2v) is 4.57. The van der Waals surface area contributed by atoms with Crippen LogP contribution in [0.5, 0.6) is 0 Å². The maximum absolute atomic E-state index is 9.13. The SMILES string of the molecule is CCC/C=C/C(O)C(Cl)(Cl)Cl. The van der Waals surface area contributed by atoms with E-state index in [0.717, 1.165) is 12.8 Å². The van der Waals surface area contributed by atoms with Gasteiger partial charge in [-0.3, -0.25) is 0 Å².